The number of fused-ring (bicyclic) bond motifs is 1. The number of pyridine rings is 1. The van der Waals surface area contributed by atoms with Gasteiger partial charge in [-0.25, -0.2) is 9.98 Å². The maximum absolute atomic E-state index is 12.4. The van der Waals surface area contributed by atoms with Gasteiger partial charge in [-0.1, -0.05) is 6.07 Å². The van der Waals surface area contributed by atoms with Crippen molar-refractivity contribution in [2.24, 2.45) is 4.99 Å². The molecule has 120 valence electrons. The molecule has 0 saturated carbocycles. The summed E-state index contributed by atoms with van der Waals surface area (Å²) in [6, 6.07) is 8.47. The van der Waals surface area contributed by atoms with Crippen LogP contribution in [0.25, 0.3) is 16.5 Å². The molecule has 0 spiro atoms. The minimum atomic E-state index is -0.237. The van der Waals surface area contributed by atoms with Gasteiger partial charge in [-0.2, -0.15) is 0 Å². The summed E-state index contributed by atoms with van der Waals surface area (Å²) in [7, 11) is 1.73. The van der Waals surface area contributed by atoms with Crippen LogP contribution in [-0.4, -0.2) is 35.4 Å². The maximum atomic E-state index is 12.4. The molecular formula is C17H20N4O2. The lowest BCUT2D eigenvalue weighted by Crippen LogP contribution is -2.31. The zero-order chi connectivity index (χ0) is 16.8. The molecule has 0 aliphatic carbocycles. The number of aromatic hydroxyl groups is 1. The van der Waals surface area contributed by atoms with Gasteiger partial charge in [-0.05, 0) is 38.1 Å². The Balaban J connectivity index is 2.45. The second-order valence-electron chi connectivity index (χ2n) is 5.31. The van der Waals surface area contributed by atoms with Gasteiger partial charge < -0.3 is 15.7 Å². The molecule has 0 bridgehead atoms. The van der Waals surface area contributed by atoms with E-state index in [0.29, 0.717) is 16.8 Å². The van der Waals surface area contributed by atoms with Crippen LogP contribution in [0.4, 0.5) is 0 Å². The third-order valence-electron chi connectivity index (χ3n) is 3.02. The van der Waals surface area contributed by atoms with Crippen LogP contribution in [0.5, 0.6) is 5.75 Å². The van der Waals surface area contributed by atoms with Gasteiger partial charge in [-0.15, -0.1) is 0 Å². The van der Waals surface area contributed by atoms with Crippen molar-refractivity contribution in [3.05, 3.63) is 42.2 Å². The lowest BCUT2D eigenvalue weighted by atomic mass is 10.1. The molecule has 23 heavy (non-hydrogen) atoms. The fraction of sp³-hybridized carbons (Fsp3) is 0.235. The number of phenols is 1. The molecule has 0 radical (unpaired) electrons. The lowest BCUT2D eigenvalue weighted by Gasteiger charge is -2.11. The number of hydrogen-bond acceptors (Lipinski definition) is 4. The van der Waals surface area contributed by atoms with Crippen LogP contribution < -0.4 is 10.6 Å². The summed E-state index contributed by atoms with van der Waals surface area (Å²) in [6.45, 7) is 3.78. The highest BCUT2D eigenvalue weighted by atomic mass is 16.3. The molecule has 1 aromatic heterocycles. The highest BCUT2D eigenvalue weighted by Crippen LogP contribution is 2.21. The second-order valence-corrected chi connectivity index (χ2v) is 5.31. The van der Waals surface area contributed by atoms with Crippen LogP contribution in [0.15, 0.2) is 41.5 Å². The van der Waals surface area contributed by atoms with Gasteiger partial charge in [0.15, 0.2) is 0 Å². The first-order chi connectivity index (χ1) is 11.0. The third kappa shape index (κ3) is 4.29. The molecule has 2 aromatic rings. The van der Waals surface area contributed by atoms with Gasteiger partial charge in [0, 0.05) is 24.7 Å². The number of carbonyl (C=O) groups is 1. The number of benzene rings is 1. The van der Waals surface area contributed by atoms with E-state index in [0.717, 1.165) is 5.39 Å². The first-order valence-electron chi connectivity index (χ1n) is 7.31. The normalized spacial score (nSPS) is 12.1. The topological polar surface area (TPSA) is 86.6 Å². The van der Waals surface area contributed by atoms with Gasteiger partial charge in [-0.3, -0.25) is 4.79 Å². The van der Waals surface area contributed by atoms with Crippen LogP contribution in [0.3, 0.4) is 0 Å². The van der Waals surface area contributed by atoms with Crippen LogP contribution >= 0.6 is 0 Å². The summed E-state index contributed by atoms with van der Waals surface area (Å²) >= 11 is 0. The Morgan fingerprint density at radius 2 is 2.09 bits per heavy atom. The largest absolute Gasteiger partial charge is 0.508 e. The SMILES string of the molecule is CN/C=N\C=C(/C(=O)NC(C)C)c1ccc2cc(O)ccc2n1. The quantitative estimate of drug-likeness (QED) is 0.448. The Hall–Kier alpha value is -2.89. The molecule has 3 N–H and O–H groups in total. The molecular weight excluding hydrogens is 292 g/mol. The predicted molar refractivity (Wildman–Crippen MR) is 92.2 cm³/mol. The summed E-state index contributed by atoms with van der Waals surface area (Å²) in [5.74, 6) is -0.0575. The zero-order valence-electron chi connectivity index (χ0n) is 13.4. The summed E-state index contributed by atoms with van der Waals surface area (Å²) in [5, 5.41) is 15.9. The van der Waals surface area contributed by atoms with Crippen molar-refractivity contribution in [1.82, 2.24) is 15.6 Å². The Labute approximate surface area is 135 Å². The fourth-order valence-electron chi connectivity index (χ4n) is 2.03. The van der Waals surface area contributed by atoms with Gasteiger partial charge >= 0.3 is 0 Å². The molecule has 1 heterocycles. The standard InChI is InChI=1S/C17H20N4O2/c1-11(2)20-17(23)14(9-19-10-18-3)16-6-4-12-8-13(22)5-7-15(12)21-16/h4-11,22H,1-3H3,(H,18,19)(H,20,23)/b14-9-. The summed E-state index contributed by atoms with van der Waals surface area (Å²) in [6.07, 6.45) is 2.96. The molecule has 6 heteroatoms. The van der Waals surface area contributed by atoms with Gasteiger partial charge in [0.1, 0.15) is 5.75 Å². The highest BCUT2D eigenvalue weighted by Gasteiger charge is 2.15. The third-order valence-corrected chi connectivity index (χ3v) is 3.02. The number of phenolic OH excluding ortho intramolecular Hbond substituents is 1. The molecule has 1 amide bonds. The zero-order valence-corrected chi connectivity index (χ0v) is 13.4. The molecule has 2 rings (SSSR count). The van der Waals surface area contributed by atoms with Crippen LogP contribution in [0, 0.1) is 0 Å². The van der Waals surface area contributed by atoms with Crippen molar-refractivity contribution in [3.8, 4) is 5.75 Å². The van der Waals surface area contributed by atoms with Gasteiger partial charge in [0.05, 0.1) is 23.1 Å². The monoisotopic (exact) mass is 312 g/mol. The number of amides is 1. The average Bonchev–Trinajstić information content (AvgIpc) is 2.50. The first kappa shape index (κ1) is 16.5. The minimum absolute atomic E-state index is 0.0107. The number of nitrogens with zero attached hydrogens (tertiary/aromatic N) is 2. The Morgan fingerprint density at radius 3 is 2.78 bits per heavy atom. The molecule has 6 nitrogen and oxygen atoms in total. The number of aromatic nitrogens is 1. The Bertz CT molecular complexity index is 766. The predicted octanol–water partition coefficient (Wildman–Crippen LogP) is 2.05. The van der Waals surface area contributed by atoms with E-state index < -0.39 is 0 Å². The minimum Gasteiger partial charge on any atom is -0.508 e. The molecule has 0 unspecified atom stereocenters. The van der Waals surface area contributed by atoms with Crippen molar-refractivity contribution in [2.45, 2.75) is 19.9 Å². The van der Waals surface area contributed by atoms with Crippen molar-refractivity contribution in [1.29, 1.82) is 0 Å². The number of aliphatic imine (C=N–C) groups is 1. The summed E-state index contributed by atoms with van der Waals surface area (Å²) in [5.41, 5.74) is 1.59. The van der Waals surface area contributed by atoms with Crippen molar-refractivity contribution >= 4 is 28.7 Å². The summed E-state index contributed by atoms with van der Waals surface area (Å²) < 4.78 is 0. The highest BCUT2D eigenvalue weighted by molar-refractivity contribution is 6.19. The number of rotatable bonds is 5. The van der Waals surface area contributed by atoms with E-state index in [2.05, 4.69) is 20.6 Å². The molecule has 0 saturated heterocycles. The number of nitrogens with one attached hydrogen (secondary N) is 2. The smallest absolute Gasteiger partial charge is 0.255 e. The van der Waals surface area contributed by atoms with Crippen molar-refractivity contribution in [3.63, 3.8) is 0 Å². The number of hydrogen-bond donors (Lipinski definition) is 3. The van der Waals surface area contributed by atoms with E-state index >= 15 is 0 Å². The van der Waals surface area contributed by atoms with Crippen molar-refractivity contribution < 1.29 is 9.90 Å². The maximum Gasteiger partial charge on any atom is 0.255 e. The number of carbonyl (C=O) groups excluding carboxylic acids is 1. The first-order valence-corrected chi connectivity index (χ1v) is 7.31. The van der Waals surface area contributed by atoms with E-state index in [1.807, 2.05) is 19.9 Å². The van der Waals surface area contributed by atoms with E-state index in [4.69, 9.17) is 0 Å². The summed E-state index contributed by atoms with van der Waals surface area (Å²) in [4.78, 5) is 20.9. The average molecular weight is 312 g/mol. The molecule has 0 aliphatic rings. The molecule has 0 fully saturated rings. The second kappa shape index (κ2) is 7.40. The van der Waals surface area contributed by atoms with Crippen LogP contribution in [0.2, 0.25) is 0 Å². The Morgan fingerprint density at radius 1 is 1.30 bits per heavy atom. The van der Waals surface area contributed by atoms with E-state index in [1.54, 1.807) is 31.3 Å². The molecule has 1 aromatic carbocycles. The Kier molecular flexibility index (Phi) is 5.30. The lowest BCUT2D eigenvalue weighted by molar-refractivity contribution is -0.116. The van der Waals surface area contributed by atoms with E-state index in [9.17, 15) is 9.90 Å². The van der Waals surface area contributed by atoms with E-state index in [-0.39, 0.29) is 17.7 Å². The fourth-order valence-corrected chi connectivity index (χ4v) is 2.03. The van der Waals surface area contributed by atoms with Gasteiger partial charge in [0.2, 0.25) is 0 Å². The molecule has 0 atom stereocenters. The van der Waals surface area contributed by atoms with Crippen LogP contribution in [0.1, 0.15) is 19.5 Å². The van der Waals surface area contributed by atoms with E-state index in [1.165, 1.54) is 12.5 Å². The van der Waals surface area contributed by atoms with Gasteiger partial charge in [0.25, 0.3) is 5.91 Å². The van der Waals surface area contributed by atoms with Crippen LogP contribution in [-0.2, 0) is 4.79 Å². The van der Waals surface area contributed by atoms with Crippen molar-refractivity contribution in [2.75, 3.05) is 7.05 Å². The molecule has 0 aliphatic heterocycles.